The van der Waals surface area contributed by atoms with Gasteiger partial charge in [-0.3, -0.25) is 0 Å². The van der Waals surface area contributed by atoms with Gasteiger partial charge in [-0.05, 0) is 57.6 Å². The van der Waals surface area contributed by atoms with Crippen molar-refractivity contribution in [3.05, 3.63) is 96.0 Å². The molecular weight excluding hydrogens is 364 g/mol. The second kappa shape index (κ2) is 5.85. The van der Waals surface area contributed by atoms with Gasteiger partial charge in [-0.1, -0.05) is 72.3 Å². The molecule has 28 heavy (non-hydrogen) atoms. The summed E-state index contributed by atoms with van der Waals surface area (Å²) in [7, 11) is 0. The monoisotopic (exact) mass is 378 g/mol. The Kier molecular flexibility index (Phi) is 3.29. The molecule has 0 aliphatic carbocycles. The summed E-state index contributed by atoms with van der Waals surface area (Å²) in [4.78, 5) is 0. The van der Waals surface area contributed by atoms with E-state index >= 15 is 0 Å². The van der Waals surface area contributed by atoms with E-state index < -0.39 is 0 Å². The van der Waals surface area contributed by atoms with Crippen LogP contribution in [0.15, 0.2) is 95.4 Å². The van der Waals surface area contributed by atoms with Gasteiger partial charge in [0.25, 0.3) is 0 Å². The van der Waals surface area contributed by atoms with Crippen molar-refractivity contribution in [3.8, 4) is 11.1 Å². The number of rotatable bonds is 1. The van der Waals surface area contributed by atoms with E-state index in [1.807, 2.05) is 24.3 Å². The van der Waals surface area contributed by atoms with E-state index in [9.17, 15) is 0 Å². The molecule has 0 atom stereocenters. The number of hydrogen-bond acceptors (Lipinski definition) is 1. The first kappa shape index (κ1) is 15.7. The highest BCUT2D eigenvalue weighted by atomic mass is 35.5. The maximum atomic E-state index is 6.15. The molecule has 0 N–H and O–H groups in total. The molecular formula is C26H15ClO. The van der Waals surface area contributed by atoms with Crippen molar-refractivity contribution < 1.29 is 4.42 Å². The molecule has 0 saturated carbocycles. The Morgan fingerprint density at radius 2 is 1.39 bits per heavy atom. The van der Waals surface area contributed by atoms with Gasteiger partial charge in [0.15, 0.2) is 0 Å². The van der Waals surface area contributed by atoms with E-state index in [0.717, 1.165) is 27.0 Å². The smallest absolute Gasteiger partial charge is 0.136 e. The molecule has 6 rings (SSSR count). The molecule has 0 saturated heterocycles. The zero-order chi connectivity index (χ0) is 18.7. The number of hydrogen-bond donors (Lipinski definition) is 0. The summed E-state index contributed by atoms with van der Waals surface area (Å²) in [5, 5.41) is 7.88. The molecule has 5 aromatic carbocycles. The van der Waals surface area contributed by atoms with Crippen molar-refractivity contribution >= 4 is 55.1 Å². The third kappa shape index (κ3) is 2.27. The van der Waals surface area contributed by atoms with Gasteiger partial charge in [-0.2, -0.15) is 0 Å². The highest BCUT2D eigenvalue weighted by molar-refractivity contribution is 6.31. The van der Waals surface area contributed by atoms with E-state index in [0.29, 0.717) is 0 Å². The zero-order valence-electron chi connectivity index (χ0n) is 14.9. The van der Waals surface area contributed by atoms with E-state index in [1.165, 1.54) is 32.7 Å². The lowest BCUT2D eigenvalue weighted by Crippen LogP contribution is -1.84. The third-order valence-corrected chi connectivity index (χ3v) is 5.73. The summed E-state index contributed by atoms with van der Waals surface area (Å²) in [6.45, 7) is 0. The van der Waals surface area contributed by atoms with Crippen LogP contribution in [0.25, 0.3) is 54.6 Å². The van der Waals surface area contributed by atoms with E-state index in [2.05, 4.69) is 66.7 Å². The first-order valence-corrected chi connectivity index (χ1v) is 9.68. The minimum absolute atomic E-state index is 0.761. The maximum absolute atomic E-state index is 6.15. The van der Waals surface area contributed by atoms with E-state index in [4.69, 9.17) is 16.0 Å². The van der Waals surface area contributed by atoms with E-state index in [-0.39, 0.29) is 0 Å². The summed E-state index contributed by atoms with van der Waals surface area (Å²) >= 11 is 6.15. The Balaban J connectivity index is 1.74. The summed E-state index contributed by atoms with van der Waals surface area (Å²) in [6.07, 6.45) is 0. The molecule has 0 amide bonds. The summed E-state index contributed by atoms with van der Waals surface area (Å²) in [6, 6.07) is 31.5. The Hall–Kier alpha value is -3.29. The normalized spacial score (nSPS) is 11.8. The highest BCUT2D eigenvalue weighted by Gasteiger charge is 2.14. The van der Waals surface area contributed by atoms with Crippen LogP contribution in [-0.2, 0) is 0 Å². The molecule has 0 radical (unpaired) electrons. The number of para-hydroxylation sites is 1. The van der Waals surface area contributed by atoms with Gasteiger partial charge in [0.1, 0.15) is 11.2 Å². The van der Waals surface area contributed by atoms with E-state index in [1.54, 1.807) is 0 Å². The average molecular weight is 379 g/mol. The second-order valence-corrected chi connectivity index (χ2v) is 7.58. The quantitative estimate of drug-likeness (QED) is 0.281. The van der Waals surface area contributed by atoms with Gasteiger partial charge >= 0.3 is 0 Å². The van der Waals surface area contributed by atoms with Crippen molar-refractivity contribution in [1.29, 1.82) is 0 Å². The number of fused-ring (bicyclic) bond motifs is 6. The van der Waals surface area contributed by atoms with Crippen LogP contribution in [0.5, 0.6) is 0 Å². The predicted molar refractivity (Wildman–Crippen MR) is 119 cm³/mol. The molecule has 2 heteroatoms. The Morgan fingerprint density at radius 1 is 0.571 bits per heavy atom. The van der Waals surface area contributed by atoms with Crippen LogP contribution in [0.4, 0.5) is 0 Å². The van der Waals surface area contributed by atoms with Gasteiger partial charge < -0.3 is 4.42 Å². The van der Waals surface area contributed by atoms with Crippen LogP contribution in [0.1, 0.15) is 0 Å². The van der Waals surface area contributed by atoms with Crippen molar-refractivity contribution in [3.63, 3.8) is 0 Å². The molecule has 0 aliphatic rings. The third-order valence-electron chi connectivity index (χ3n) is 5.50. The van der Waals surface area contributed by atoms with Gasteiger partial charge in [0, 0.05) is 21.2 Å². The van der Waals surface area contributed by atoms with Crippen molar-refractivity contribution in [2.75, 3.05) is 0 Å². The maximum Gasteiger partial charge on any atom is 0.136 e. The molecule has 0 unspecified atom stereocenters. The Morgan fingerprint density at radius 3 is 2.36 bits per heavy atom. The lowest BCUT2D eigenvalue weighted by Gasteiger charge is -2.10. The average Bonchev–Trinajstić information content (AvgIpc) is 3.12. The zero-order valence-corrected chi connectivity index (χ0v) is 15.7. The molecule has 1 heterocycles. The largest absolute Gasteiger partial charge is 0.456 e. The minimum Gasteiger partial charge on any atom is -0.456 e. The number of benzene rings is 5. The Bertz CT molecular complexity index is 1520. The Labute approximate surface area is 166 Å². The lowest BCUT2D eigenvalue weighted by atomic mass is 9.93. The highest BCUT2D eigenvalue weighted by Crippen LogP contribution is 2.40. The molecule has 1 aromatic heterocycles. The van der Waals surface area contributed by atoms with Gasteiger partial charge in [-0.25, -0.2) is 0 Å². The van der Waals surface area contributed by atoms with Crippen LogP contribution < -0.4 is 0 Å². The first-order valence-electron chi connectivity index (χ1n) is 9.31. The van der Waals surface area contributed by atoms with Crippen molar-refractivity contribution in [2.45, 2.75) is 0 Å². The van der Waals surface area contributed by atoms with Crippen LogP contribution >= 0.6 is 11.6 Å². The molecule has 6 aromatic rings. The molecule has 0 aliphatic heterocycles. The van der Waals surface area contributed by atoms with Crippen LogP contribution in [-0.4, -0.2) is 0 Å². The number of halogens is 1. The minimum atomic E-state index is 0.761. The van der Waals surface area contributed by atoms with Gasteiger partial charge in [0.2, 0.25) is 0 Å². The fraction of sp³-hybridized carbons (Fsp3) is 0. The standard InChI is InChI=1S/C26H15ClO/c27-20-12-10-17-14-19(9-8-18(17)15-20)21-6-3-4-16-11-13-24-26(25(16)21)22-5-1-2-7-23(22)28-24/h1-15H. The SMILES string of the molecule is Clc1ccc2cc(-c3cccc4ccc5oc6ccccc6c5c34)ccc2c1. The fourth-order valence-electron chi connectivity index (χ4n) is 4.22. The number of furan rings is 1. The second-order valence-electron chi connectivity index (χ2n) is 7.15. The van der Waals surface area contributed by atoms with Crippen LogP contribution in [0.2, 0.25) is 5.02 Å². The van der Waals surface area contributed by atoms with Crippen molar-refractivity contribution in [1.82, 2.24) is 0 Å². The molecule has 0 spiro atoms. The topological polar surface area (TPSA) is 13.1 Å². The van der Waals surface area contributed by atoms with Crippen LogP contribution in [0, 0.1) is 0 Å². The lowest BCUT2D eigenvalue weighted by molar-refractivity contribution is 0.669. The first-order chi connectivity index (χ1) is 13.8. The molecule has 1 nitrogen and oxygen atoms in total. The van der Waals surface area contributed by atoms with Crippen LogP contribution in [0.3, 0.4) is 0 Å². The van der Waals surface area contributed by atoms with Gasteiger partial charge in [0.05, 0.1) is 0 Å². The predicted octanol–water partition coefficient (Wildman–Crippen LogP) is 8.21. The molecule has 132 valence electrons. The summed E-state index contributed by atoms with van der Waals surface area (Å²) in [5.41, 5.74) is 4.26. The summed E-state index contributed by atoms with van der Waals surface area (Å²) in [5.74, 6) is 0. The van der Waals surface area contributed by atoms with Gasteiger partial charge in [-0.15, -0.1) is 0 Å². The molecule has 0 bridgehead atoms. The fourth-order valence-corrected chi connectivity index (χ4v) is 4.40. The molecule has 0 fully saturated rings. The summed E-state index contributed by atoms with van der Waals surface area (Å²) < 4.78 is 6.12. The van der Waals surface area contributed by atoms with Crippen molar-refractivity contribution in [2.24, 2.45) is 0 Å².